The fourth-order valence-electron chi connectivity index (χ4n) is 1.14. The molecule has 0 saturated carbocycles. The van der Waals surface area contributed by atoms with Gasteiger partial charge >= 0.3 is 6.09 Å². The van der Waals surface area contributed by atoms with Gasteiger partial charge in [-0.05, 0) is 12.3 Å². The van der Waals surface area contributed by atoms with Gasteiger partial charge in [-0.1, -0.05) is 37.5 Å². The lowest BCUT2D eigenvalue weighted by molar-refractivity contribution is 0.133. The van der Waals surface area contributed by atoms with Gasteiger partial charge in [-0.3, -0.25) is 0 Å². The lowest BCUT2D eigenvalue weighted by atomic mass is 10.0. The van der Waals surface area contributed by atoms with Crippen molar-refractivity contribution in [2.75, 3.05) is 6.61 Å². The average molecular weight is 219 g/mol. The molecule has 1 amide bonds. The number of carbonyl (C=O) groups excluding carboxylic acids is 1. The number of carbonyl (C=O) groups is 1. The number of hydrogen-bond donors (Lipinski definition) is 0. The van der Waals surface area contributed by atoms with Crippen LogP contribution in [0.2, 0.25) is 0 Å². The summed E-state index contributed by atoms with van der Waals surface area (Å²) in [5, 5.41) is 0. The third-order valence-electron chi connectivity index (χ3n) is 2.10. The van der Waals surface area contributed by atoms with Crippen LogP contribution in [0.15, 0.2) is 4.36 Å². The zero-order valence-electron chi connectivity index (χ0n) is 8.69. The predicted octanol–water partition coefficient (Wildman–Crippen LogP) is 2.74. The van der Waals surface area contributed by atoms with E-state index in [0.717, 1.165) is 25.7 Å². The molecule has 0 aliphatic carbocycles. The van der Waals surface area contributed by atoms with E-state index in [2.05, 4.69) is 18.2 Å². The normalized spacial score (nSPS) is 11.9. The highest BCUT2D eigenvalue weighted by atomic mass is 32.1. The summed E-state index contributed by atoms with van der Waals surface area (Å²) in [6.45, 7) is 4.56. The van der Waals surface area contributed by atoms with E-state index in [1.54, 1.807) is 0 Å². The maximum absolute atomic E-state index is 10.7. The van der Waals surface area contributed by atoms with E-state index in [4.69, 9.17) is 4.74 Å². The Hall–Kier alpha value is -0.710. The smallest absolute Gasteiger partial charge is 0.446 e. The molecule has 14 heavy (non-hydrogen) atoms. The number of ether oxygens (including phenoxy) is 1. The van der Waals surface area contributed by atoms with Crippen molar-refractivity contribution in [3.63, 3.8) is 0 Å². The zero-order valence-corrected chi connectivity index (χ0v) is 9.51. The molecule has 0 aromatic rings. The molecule has 4 nitrogen and oxygen atoms in total. The predicted molar refractivity (Wildman–Crippen MR) is 55.2 cm³/mol. The Morgan fingerprint density at radius 1 is 1.50 bits per heavy atom. The Labute approximate surface area is 88.3 Å². The van der Waals surface area contributed by atoms with Crippen LogP contribution in [-0.4, -0.2) is 16.9 Å². The van der Waals surface area contributed by atoms with Gasteiger partial charge < -0.3 is 4.74 Å². The molecule has 5 heteroatoms. The molecule has 0 spiro atoms. The second-order valence-corrected chi connectivity index (χ2v) is 3.49. The molecule has 82 valence electrons. The summed E-state index contributed by atoms with van der Waals surface area (Å²) in [5.74, 6) is 0.394. The maximum atomic E-state index is 10.7. The van der Waals surface area contributed by atoms with Crippen LogP contribution in [0.5, 0.6) is 0 Å². The molecule has 0 bridgehead atoms. The summed E-state index contributed by atoms with van der Waals surface area (Å²) >= 11 is -0.113. The first-order chi connectivity index (χ1) is 6.74. The molecule has 1 atom stereocenters. The van der Waals surface area contributed by atoms with Gasteiger partial charge in [0.15, 0.2) is 0 Å². The Morgan fingerprint density at radius 3 is 2.71 bits per heavy atom. The molecular weight excluding hydrogens is 202 g/mol. The molecule has 0 saturated heterocycles. The highest BCUT2D eigenvalue weighted by molar-refractivity contribution is 7.55. The van der Waals surface area contributed by atoms with Gasteiger partial charge in [-0.15, -0.1) is 0 Å². The van der Waals surface area contributed by atoms with E-state index in [1.165, 1.54) is 0 Å². The van der Waals surface area contributed by atoms with E-state index >= 15 is 0 Å². The summed E-state index contributed by atoms with van der Waals surface area (Å²) in [6.07, 6.45) is 3.57. The van der Waals surface area contributed by atoms with Crippen molar-refractivity contribution in [2.45, 2.75) is 39.5 Å². The second-order valence-electron chi connectivity index (χ2n) is 3.16. The number of hydrogen-bond acceptors (Lipinski definition) is 3. The fraction of sp³-hybridized carbons (Fsp3) is 0.889. The van der Waals surface area contributed by atoms with Gasteiger partial charge in [0.25, 0.3) is 0 Å². The van der Waals surface area contributed by atoms with Crippen LogP contribution in [0.4, 0.5) is 4.79 Å². The molecule has 0 rings (SSSR count). The van der Waals surface area contributed by atoms with Gasteiger partial charge in [-0.25, -0.2) is 4.79 Å². The van der Waals surface area contributed by atoms with Crippen molar-refractivity contribution in [1.29, 1.82) is 0 Å². The summed E-state index contributed by atoms with van der Waals surface area (Å²) in [4.78, 5) is 10.7. The molecule has 0 aliphatic rings. The minimum Gasteiger partial charge on any atom is -0.447 e. The van der Waals surface area contributed by atoms with Crippen molar-refractivity contribution in [3.05, 3.63) is 0 Å². The van der Waals surface area contributed by atoms with Gasteiger partial charge in [0, 0.05) is 0 Å². The molecule has 0 aliphatic heterocycles. The molecule has 0 aromatic heterocycles. The first kappa shape index (κ1) is 13.3. The lowest BCUT2D eigenvalue weighted by Crippen LogP contribution is -2.11. The number of amides is 1. The Kier molecular flexibility index (Phi) is 8.42. The summed E-state index contributed by atoms with van der Waals surface area (Å²) in [5.41, 5.74) is 0. The highest BCUT2D eigenvalue weighted by Crippen LogP contribution is 2.12. The lowest BCUT2D eigenvalue weighted by Gasteiger charge is -2.12. The Bertz CT molecular complexity index is 214. The van der Waals surface area contributed by atoms with E-state index in [1.807, 2.05) is 0 Å². The minimum atomic E-state index is -0.764. The van der Waals surface area contributed by atoms with Gasteiger partial charge in [0.05, 0.1) is 6.61 Å². The van der Waals surface area contributed by atoms with Crippen LogP contribution in [0.1, 0.15) is 39.5 Å². The molecular formula is C9H17NO3S. The standard InChI is InChI=1S/C9H17NO3S/c1-3-5-6-8(4-2)7-13-9(11)10-14-12/h8H,3-7H2,1-2H3. The van der Waals surface area contributed by atoms with E-state index in [9.17, 15) is 9.00 Å². The minimum absolute atomic E-state index is 0.113. The highest BCUT2D eigenvalue weighted by Gasteiger charge is 2.08. The molecule has 0 N–H and O–H groups in total. The largest absolute Gasteiger partial charge is 0.447 e. The van der Waals surface area contributed by atoms with Crippen molar-refractivity contribution < 1.29 is 13.7 Å². The van der Waals surface area contributed by atoms with E-state index < -0.39 is 6.09 Å². The third kappa shape index (κ3) is 6.77. The van der Waals surface area contributed by atoms with Gasteiger partial charge in [-0.2, -0.15) is 4.21 Å². The second kappa shape index (κ2) is 8.87. The number of rotatable bonds is 6. The molecule has 0 aromatic carbocycles. The van der Waals surface area contributed by atoms with Crippen LogP contribution in [-0.2, 0) is 16.2 Å². The fourth-order valence-corrected chi connectivity index (χ4v) is 1.26. The van der Waals surface area contributed by atoms with E-state index in [-0.39, 0.29) is 11.5 Å². The van der Waals surface area contributed by atoms with Crippen LogP contribution in [0.25, 0.3) is 0 Å². The topological polar surface area (TPSA) is 55.7 Å². The van der Waals surface area contributed by atoms with Crippen molar-refractivity contribution in [2.24, 2.45) is 10.3 Å². The SMILES string of the molecule is CCCCC(CC)COC(=O)N=S=O. The van der Waals surface area contributed by atoms with Gasteiger partial charge in [0.1, 0.15) is 0 Å². The van der Waals surface area contributed by atoms with Crippen LogP contribution in [0.3, 0.4) is 0 Å². The molecule has 0 radical (unpaired) electrons. The molecule has 0 fully saturated rings. The summed E-state index contributed by atoms with van der Waals surface area (Å²) in [6, 6.07) is 0. The van der Waals surface area contributed by atoms with E-state index in [0.29, 0.717) is 12.5 Å². The van der Waals surface area contributed by atoms with Gasteiger partial charge in [0.2, 0.25) is 11.5 Å². The molecule has 0 heterocycles. The average Bonchev–Trinajstić information content (AvgIpc) is 2.19. The van der Waals surface area contributed by atoms with Crippen molar-refractivity contribution in [1.82, 2.24) is 0 Å². The summed E-state index contributed by atoms with van der Waals surface area (Å²) in [7, 11) is 0. The van der Waals surface area contributed by atoms with Crippen LogP contribution < -0.4 is 0 Å². The Morgan fingerprint density at radius 2 is 2.21 bits per heavy atom. The zero-order chi connectivity index (χ0) is 10.8. The van der Waals surface area contributed by atoms with Crippen LogP contribution in [0, 0.1) is 5.92 Å². The maximum Gasteiger partial charge on any atom is 0.446 e. The number of nitrogens with zero attached hydrogens (tertiary/aromatic N) is 1. The third-order valence-corrected chi connectivity index (χ3v) is 2.32. The first-order valence-corrected chi connectivity index (χ1v) is 5.61. The monoisotopic (exact) mass is 219 g/mol. The number of unbranched alkanes of at least 4 members (excludes halogenated alkanes) is 1. The van der Waals surface area contributed by atoms with Crippen LogP contribution >= 0.6 is 0 Å². The Balaban J connectivity index is 3.71. The molecule has 1 unspecified atom stereocenters. The first-order valence-electron chi connectivity index (χ1n) is 4.91. The van der Waals surface area contributed by atoms with Crippen molar-refractivity contribution in [3.8, 4) is 0 Å². The van der Waals surface area contributed by atoms with Crippen molar-refractivity contribution >= 4 is 17.6 Å². The summed E-state index contributed by atoms with van der Waals surface area (Å²) < 4.78 is 17.7. The quantitative estimate of drug-likeness (QED) is 0.690.